The van der Waals surface area contributed by atoms with Crippen molar-refractivity contribution in [1.29, 1.82) is 0 Å². The first-order valence-electron chi connectivity index (χ1n) is 6.96. The summed E-state index contributed by atoms with van der Waals surface area (Å²) in [4.78, 5) is 4.42. The van der Waals surface area contributed by atoms with Gasteiger partial charge in [-0.1, -0.05) is 32.3 Å². The van der Waals surface area contributed by atoms with Crippen LogP contribution in [-0.4, -0.2) is 11.0 Å². The van der Waals surface area contributed by atoms with Crippen LogP contribution in [0.25, 0.3) is 0 Å². The van der Waals surface area contributed by atoms with E-state index in [9.17, 15) is 0 Å². The number of hydrogen-bond acceptors (Lipinski definition) is 2. The summed E-state index contributed by atoms with van der Waals surface area (Å²) < 4.78 is 0. The Morgan fingerprint density at radius 3 is 3.00 bits per heavy atom. The maximum atomic E-state index is 4.42. The minimum atomic E-state index is 0.372. The second-order valence-corrected chi connectivity index (χ2v) is 5.28. The maximum Gasteiger partial charge on any atom is 0.0570 e. The van der Waals surface area contributed by atoms with Crippen molar-refractivity contribution in [2.24, 2.45) is 5.92 Å². The van der Waals surface area contributed by atoms with E-state index in [1.165, 1.54) is 32.1 Å². The Labute approximate surface area is 105 Å². The fourth-order valence-electron chi connectivity index (χ4n) is 2.88. The molecule has 1 N–H and O–H groups in total. The molecular formula is C15H24N2. The van der Waals surface area contributed by atoms with Crippen LogP contribution in [0.15, 0.2) is 24.4 Å². The Morgan fingerprint density at radius 1 is 1.41 bits per heavy atom. The van der Waals surface area contributed by atoms with Crippen molar-refractivity contribution in [3.05, 3.63) is 30.1 Å². The Kier molecular flexibility index (Phi) is 4.55. The molecular weight excluding hydrogens is 208 g/mol. The molecule has 0 radical (unpaired) electrons. The van der Waals surface area contributed by atoms with Gasteiger partial charge in [-0.05, 0) is 37.8 Å². The lowest BCUT2D eigenvalue weighted by molar-refractivity contribution is 0.265. The number of hydrogen-bond donors (Lipinski definition) is 1. The SMILES string of the molecule is CCC1CCCC(N[C@@H](C)c2ccccn2)C1. The molecule has 1 aliphatic carbocycles. The van der Waals surface area contributed by atoms with Gasteiger partial charge in [0.2, 0.25) is 0 Å². The fourth-order valence-corrected chi connectivity index (χ4v) is 2.88. The summed E-state index contributed by atoms with van der Waals surface area (Å²) in [6.07, 6.45) is 8.68. The third kappa shape index (κ3) is 3.53. The smallest absolute Gasteiger partial charge is 0.0570 e. The summed E-state index contributed by atoms with van der Waals surface area (Å²) in [6.45, 7) is 4.53. The monoisotopic (exact) mass is 232 g/mol. The molecule has 1 heterocycles. The molecule has 2 heteroatoms. The minimum Gasteiger partial charge on any atom is -0.306 e. The summed E-state index contributed by atoms with van der Waals surface area (Å²) in [7, 11) is 0. The quantitative estimate of drug-likeness (QED) is 0.856. The lowest BCUT2D eigenvalue weighted by atomic mass is 9.84. The number of nitrogens with zero attached hydrogens (tertiary/aromatic N) is 1. The van der Waals surface area contributed by atoms with Crippen LogP contribution in [0.4, 0.5) is 0 Å². The predicted molar refractivity (Wildman–Crippen MR) is 71.8 cm³/mol. The standard InChI is InChI=1S/C15H24N2/c1-3-13-7-6-8-14(11-13)17-12(2)15-9-4-5-10-16-15/h4-5,9-10,12-14,17H,3,6-8,11H2,1-2H3/t12-,13?,14?/m0/s1. The zero-order valence-corrected chi connectivity index (χ0v) is 11.0. The molecule has 17 heavy (non-hydrogen) atoms. The van der Waals surface area contributed by atoms with Crippen molar-refractivity contribution in [3.8, 4) is 0 Å². The van der Waals surface area contributed by atoms with Gasteiger partial charge >= 0.3 is 0 Å². The second-order valence-electron chi connectivity index (χ2n) is 5.28. The van der Waals surface area contributed by atoms with Crippen molar-refractivity contribution in [2.45, 2.75) is 58.0 Å². The molecule has 0 saturated heterocycles. The molecule has 3 atom stereocenters. The third-order valence-corrected chi connectivity index (χ3v) is 3.98. The fraction of sp³-hybridized carbons (Fsp3) is 0.667. The van der Waals surface area contributed by atoms with Gasteiger partial charge in [0, 0.05) is 18.3 Å². The van der Waals surface area contributed by atoms with E-state index in [-0.39, 0.29) is 0 Å². The number of nitrogens with one attached hydrogen (secondary N) is 1. The summed E-state index contributed by atoms with van der Waals surface area (Å²) in [5.41, 5.74) is 1.16. The van der Waals surface area contributed by atoms with Crippen molar-refractivity contribution in [3.63, 3.8) is 0 Å². The highest BCUT2D eigenvalue weighted by molar-refractivity contribution is 5.08. The molecule has 1 aromatic heterocycles. The Morgan fingerprint density at radius 2 is 2.29 bits per heavy atom. The first kappa shape index (κ1) is 12.6. The molecule has 94 valence electrons. The van der Waals surface area contributed by atoms with Crippen LogP contribution in [0.2, 0.25) is 0 Å². The van der Waals surface area contributed by atoms with Crippen LogP contribution in [-0.2, 0) is 0 Å². The van der Waals surface area contributed by atoms with Gasteiger partial charge in [0.05, 0.1) is 5.69 Å². The van der Waals surface area contributed by atoms with E-state index in [0.717, 1.165) is 11.6 Å². The molecule has 0 spiro atoms. The molecule has 2 nitrogen and oxygen atoms in total. The highest BCUT2D eigenvalue weighted by atomic mass is 15.0. The average Bonchev–Trinajstić information content (AvgIpc) is 2.40. The topological polar surface area (TPSA) is 24.9 Å². The summed E-state index contributed by atoms with van der Waals surface area (Å²) in [5, 5.41) is 3.74. The van der Waals surface area contributed by atoms with Crippen LogP contribution in [0.3, 0.4) is 0 Å². The van der Waals surface area contributed by atoms with Gasteiger partial charge in [-0.15, -0.1) is 0 Å². The minimum absolute atomic E-state index is 0.372. The summed E-state index contributed by atoms with van der Waals surface area (Å²) >= 11 is 0. The number of aromatic nitrogens is 1. The third-order valence-electron chi connectivity index (χ3n) is 3.98. The summed E-state index contributed by atoms with van der Waals surface area (Å²) in [6, 6.07) is 7.21. The Balaban J connectivity index is 1.88. The van der Waals surface area contributed by atoms with Gasteiger partial charge in [-0.25, -0.2) is 0 Å². The molecule has 1 saturated carbocycles. The van der Waals surface area contributed by atoms with Crippen LogP contribution in [0, 0.1) is 5.92 Å². The number of rotatable bonds is 4. The van der Waals surface area contributed by atoms with Crippen LogP contribution in [0.5, 0.6) is 0 Å². The molecule has 0 bridgehead atoms. The van der Waals surface area contributed by atoms with Crippen molar-refractivity contribution in [1.82, 2.24) is 10.3 Å². The van der Waals surface area contributed by atoms with E-state index in [2.05, 4.69) is 36.3 Å². The van der Waals surface area contributed by atoms with Crippen molar-refractivity contribution >= 4 is 0 Å². The van der Waals surface area contributed by atoms with Crippen molar-refractivity contribution in [2.75, 3.05) is 0 Å². The van der Waals surface area contributed by atoms with Crippen LogP contribution < -0.4 is 5.32 Å². The lowest BCUT2D eigenvalue weighted by Crippen LogP contribution is -2.36. The Bertz CT molecular complexity index is 323. The highest BCUT2D eigenvalue weighted by Crippen LogP contribution is 2.27. The number of pyridine rings is 1. The van der Waals surface area contributed by atoms with E-state index in [1.54, 1.807) is 0 Å². The molecule has 0 amide bonds. The first-order chi connectivity index (χ1) is 8.29. The predicted octanol–water partition coefficient (Wildman–Crippen LogP) is 3.70. The van der Waals surface area contributed by atoms with Gasteiger partial charge in [-0.3, -0.25) is 4.98 Å². The van der Waals surface area contributed by atoms with Crippen LogP contribution in [0.1, 0.15) is 57.7 Å². The van der Waals surface area contributed by atoms with Gasteiger partial charge in [0.25, 0.3) is 0 Å². The van der Waals surface area contributed by atoms with Crippen LogP contribution >= 0.6 is 0 Å². The molecule has 1 fully saturated rings. The molecule has 2 rings (SSSR count). The van der Waals surface area contributed by atoms with E-state index < -0.39 is 0 Å². The van der Waals surface area contributed by atoms with Gasteiger partial charge in [0.15, 0.2) is 0 Å². The zero-order valence-electron chi connectivity index (χ0n) is 11.0. The molecule has 2 unspecified atom stereocenters. The molecule has 0 aliphatic heterocycles. The highest BCUT2D eigenvalue weighted by Gasteiger charge is 2.22. The molecule has 1 aromatic rings. The van der Waals surface area contributed by atoms with Gasteiger partial charge < -0.3 is 5.32 Å². The maximum absolute atomic E-state index is 4.42. The summed E-state index contributed by atoms with van der Waals surface area (Å²) in [5.74, 6) is 0.928. The van der Waals surface area contributed by atoms with E-state index in [1.807, 2.05) is 12.3 Å². The van der Waals surface area contributed by atoms with Crippen molar-refractivity contribution < 1.29 is 0 Å². The van der Waals surface area contributed by atoms with Gasteiger partial charge in [-0.2, -0.15) is 0 Å². The van der Waals surface area contributed by atoms with Gasteiger partial charge in [0.1, 0.15) is 0 Å². The molecule has 0 aromatic carbocycles. The van der Waals surface area contributed by atoms with E-state index in [0.29, 0.717) is 12.1 Å². The molecule has 1 aliphatic rings. The largest absolute Gasteiger partial charge is 0.306 e. The lowest BCUT2D eigenvalue weighted by Gasteiger charge is -2.31. The average molecular weight is 232 g/mol. The normalized spacial score (nSPS) is 26.7. The second kappa shape index (κ2) is 6.15. The zero-order chi connectivity index (χ0) is 12.1. The van der Waals surface area contributed by atoms with E-state index in [4.69, 9.17) is 0 Å². The van der Waals surface area contributed by atoms with E-state index >= 15 is 0 Å². The Hall–Kier alpha value is -0.890. The first-order valence-corrected chi connectivity index (χ1v) is 6.96.